The van der Waals surface area contributed by atoms with Gasteiger partial charge in [0, 0.05) is 11.8 Å². The van der Waals surface area contributed by atoms with Gasteiger partial charge in [-0.2, -0.15) is 0 Å². The first-order valence-corrected chi connectivity index (χ1v) is 6.08. The summed E-state index contributed by atoms with van der Waals surface area (Å²) in [6.07, 6.45) is 0. The highest BCUT2D eigenvalue weighted by atomic mass is 16.5. The molecule has 0 saturated carbocycles. The molecule has 1 heterocycles. The molecule has 1 N–H and O–H groups in total. The Labute approximate surface area is 111 Å². The highest BCUT2D eigenvalue weighted by Gasteiger charge is 2.23. The molecule has 19 heavy (non-hydrogen) atoms. The molecule has 0 bridgehead atoms. The number of para-hydroxylation sites is 1. The first kappa shape index (κ1) is 11.6. The zero-order valence-electron chi connectivity index (χ0n) is 10.6. The summed E-state index contributed by atoms with van der Waals surface area (Å²) in [6.45, 7) is 0.310. The van der Waals surface area contributed by atoms with E-state index in [1.807, 2.05) is 53.4 Å². The van der Waals surface area contributed by atoms with Gasteiger partial charge < -0.3 is 15.0 Å². The minimum Gasteiger partial charge on any atom is -0.497 e. The van der Waals surface area contributed by atoms with Gasteiger partial charge in [-0.3, -0.25) is 4.79 Å². The lowest BCUT2D eigenvalue weighted by Crippen LogP contribution is -2.34. The summed E-state index contributed by atoms with van der Waals surface area (Å²) < 4.78 is 5.25. The molecule has 96 valence electrons. The Kier molecular flexibility index (Phi) is 2.83. The number of fused-ring (bicyclic) bond motifs is 1. The van der Waals surface area contributed by atoms with E-state index in [0.717, 1.165) is 22.8 Å². The summed E-state index contributed by atoms with van der Waals surface area (Å²) in [5.41, 5.74) is 2.75. The Bertz CT molecular complexity index is 611. The highest BCUT2D eigenvalue weighted by molar-refractivity contribution is 6.03. The van der Waals surface area contributed by atoms with Crippen molar-refractivity contribution in [3.05, 3.63) is 48.5 Å². The minimum atomic E-state index is -0.0125. The van der Waals surface area contributed by atoms with E-state index in [2.05, 4.69) is 5.32 Å². The number of hydrogen-bond donors (Lipinski definition) is 1. The fourth-order valence-electron chi connectivity index (χ4n) is 2.22. The third-order valence-electron chi connectivity index (χ3n) is 3.14. The molecule has 0 radical (unpaired) electrons. The Balaban J connectivity index is 2.10. The number of methoxy groups -OCH3 is 1. The van der Waals surface area contributed by atoms with Crippen LogP contribution in [0.2, 0.25) is 0 Å². The molecule has 4 nitrogen and oxygen atoms in total. The lowest BCUT2D eigenvalue weighted by Gasteiger charge is -2.31. The van der Waals surface area contributed by atoms with E-state index in [1.165, 1.54) is 0 Å². The molecule has 4 heteroatoms. The van der Waals surface area contributed by atoms with E-state index >= 15 is 0 Å². The molecule has 1 aliphatic heterocycles. The summed E-state index contributed by atoms with van der Waals surface area (Å²) in [4.78, 5) is 13.8. The maximum atomic E-state index is 11.8. The third kappa shape index (κ3) is 2.12. The van der Waals surface area contributed by atoms with E-state index in [-0.39, 0.29) is 5.91 Å². The van der Waals surface area contributed by atoms with Crippen LogP contribution in [-0.2, 0) is 4.79 Å². The Morgan fingerprint density at radius 1 is 1.16 bits per heavy atom. The standard InChI is InChI=1S/C15H14N2O2/c1-19-12-7-8-13-14(9-12)17(10-15(18)16-13)11-5-3-2-4-6-11/h2-9H,10H2,1H3,(H,16,18). The highest BCUT2D eigenvalue weighted by Crippen LogP contribution is 2.37. The lowest BCUT2D eigenvalue weighted by atomic mass is 10.1. The van der Waals surface area contributed by atoms with Gasteiger partial charge in [-0.1, -0.05) is 18.2 Å². The van der Waals surface area contributed by atoms with Crippen molar-refractivity contribution < 1.29 is 9.53 Å². The van der Waals surface area contributed by atoms with Crippen LogP contribution in [0.1, 0.15) is 0 Å². The van der Waals surface area contributed by atoms with E-state index in [1.54, 1.807) is 7.11 Å². The van der Waals surface area contributed by atoms with E-state index in [0.29, 0.717) is 6.54 Å². The second kappa shape index (κ2) is 4.65. The fraction of sp³-hybridized carbons (Fsp3) is 0.133. The Morgan fingerprint density at radius 3 is 2.68 bits per heavy atom. The van der Waals surface area contributed by atoms with Crippen LogP contribution in [0, 0.1) is 0 Å². The van der Waals surface area contributed by atoms with Crippen LogP contribution in [0.25, 0.3) is 0 Å². The van der Waals surface area contributed by atoms with Gasteiger partial charge in [-0.05, 0) is 24.3 Å². The number of hydrogen-bond acceptors (Lipinski definition) is 3. The number of nitrogens with one attached hydrogen (secondary N) is 1. The van der Waals surface area contributed by atoms with Crippen molar-refractivity contribution in [2.24, 2.45) is 0 Å². The molecule has 2 aromatic carbocycles. The number of amides is 1. The van der Waals surface area contributed by atoms with Gasteiger partial charge in [0.15, 0.2) is 0 Å². The second-order valence-electron chi connectivity index (χ2n) is 4.35. The summed E-state index contributed by atoms with van der Waals surface area (Å²) in [6, 6.07) is 15.5. The van der Waals surface area contributed by atoms with E-state index in [4.69, 9.17) is 4.74 Å². The molecule has 0 saturated heterocycles. The number of anilines is 3. The lowest BCUT2D eigenvalue weighted by molar-refractivity contribution is -0.115. The van der Waals surface area contributed by atoms with Crippen molar-refractivity contribution >= 4 is 23.0 Å². The number of ether oxygens (including phenoxy) is 1. The van der Waals surface area contributed by atoms with E-state index in [9.17, 15) is 4.79 Å². The predicted molar refractivity (Wildman–Crippen MR) is 75.1 cm³/mol. The van der Waals surface area contributed by atoms with Gasteiger partial charge in [-0.25, -0.2) is 0 Å². The van der Waals surface area contributed by atoms with Crippen LogP contribution in [-0.4, -0.2) is 19.6 Å². The van der Waals surface area contributed by atoms with Crippen LogP contribution >= 0.6 is 0 Å². The second-order valence-corrected chi connectivity index (χ2v) is 4.35. The average molecular weight is 254 g/mol. The first-order valence-electron chi connectivity index (χ1n) is 6.08. The predicted octanol–water partition coefficient (Wildman–Crippen LogP) is 2.79. The van der Waals surface area contributed by atoms with Crippen LogP contribution in [0.4, 0.5) is 17.1 Å². The topological polar surface area (TPSA) is 41.6 Å². The van der Waals surface area contributed by atoms with Crippen molar-refractivity contribution in [2.45, 2.75) is 0 Å². The number of carbonyl (C=O) groups excluding carboxylic acids is 1. The Morgan fingerprint density at radius 2 is 1.95 bits per heavy atom. The molecule has 0 aliphatic carbocycles. The van der Waals surface area contributed by atoms with E-state index < -0.39 is 0 Å². The number of nitrogens with zero attached hydrogens (tertiary/aromatic N) is 1. The quantitative estimate of drug-likeness (QED) is 0.896. The SMILES string of the molecule is COc1ccc2c(c1)N(c1ccccc1)CC(=O)N2. The molecule has 0 atom stereocenters. The molecular formula is C15H14N2O2. The maximum absolute atomic E-state index is 11.8. The molecule has 0 unspecified atom stereocenters. The molecule has 1 aliphatic rings. The smallest absolute Gasteiger partial charge is 0.244 e. The fourth-order valence-corrected chi connectivity index (χ4v) is 2.22. The van der Waals surface area contributed by atoms with Gasteiger partial charge in [0.2, 0.25) is 5.91 Å². The summed E-state index contributed by atoms with van der Waals surface area (Å²) in [5.74, 6) is 0.761. The zero-order chi connectivity index (χ0) is 13.2. The third-order valence-corrected chi connectivity index (χ3v) is 3.14. The van der Waals surface area contributed by atoms with Crippen molar-refractivity contribution in [1.82, 2.24) is 0 Å². The molecular weight excluding hydrogens is 240 g/mol. The molecule has 0 fully saturated rings. The minimum absolute atomic E-state index is 0.0125. The molecule has 1 amide bonds. The van der Waals surface area contributed by atoms with Crippen molar-refractivity contribution in [3.8, 4) is 5.75 Å². The van der Waals surface area contributed by atoms with Gasteiger partial charge in [0.25, 0.3) is 0 Å². The van der Waals surface area contributed by atoms with Crippen molar-refractivity contribution in [2.75, 3.05) is 23.9 Å². The maximum Gasteiger partial charge on any atom is 0.244 e. The van der Waals surface area contributed by atoms with Gasteiger partial charge in [-0.15, -0.1) is 0 Å². The Hall–Kier alpha value is -2.49. The molecule has 3 rings (SSSR count). The van der Waals surface area contributed by atoms with Crippen LogP contribution in [0.3, 0.4) is 0 Å². The van der Waals surface area contributed by atoms with Crippen molar-refractivity contribution in [3.63, 3.8) is 0 Å². The van der Waals surface area contributed by atoms with Crippen LogP contribution in [0.15, 0.2) is 48.5 Å². The van der Waals surface area contributed by atoms with Gasteiger partial charge in [0.05, 0.1) is 18.5 Å². The molecule has 0 aromatic heterocycles. The average Bonchev–Trinajstić information content (AvgIpc) is 2.47. The monoisotopic (exact) mass is 254 g/mol. The van der Waals surface area contributed by atoms with Gasteiger partial charge in [0.1, 0.15) is 12.3 Å². The summed E-state index contributed by atoms with van der Waals surface area (Å²) in [5, 5.41) is 2.87. The largest absolute Gasteiger partial charge is 0.497 e. The first-order chi connectivity index (χ1) is 9.28. The molecule has 0 spiro atoms. The van der Waals surface area contributed by atoms with Crippen LogP contribution in [0.5, 0.6) is 5.75 Å². The zero-order valence-corrected chi connectivity index (χ0v) is 10.6. The summed E-state index contributed by atoms with van der Waals surface area (Å²) in [7, 11) is 1.63. The van der Waals surface area contributed by atoms with Gasteiger partial charge >= 0.3 is 0 Å². The normalized spacial score (nSPS) is 13.7. The molecule has 2 aromatic rings. The van der Waals surface area contributed by atoms with Crippen LogP contribution < -0.4 is 15.0 Å². The number of carbonyl (C=O) groups is 1. The van der Waals surface area contributed by atoms with Crippen molar-refractivity contribution in [1.29, 1.82) is 0 Å². The number of rotatable bonds is 2. The summed E-state index contributed by atoms with van der Waals surface area (Å²) >= 11 is 0. The number of benzene rings is 2.